The van der Waals surface area contributed by atoms with Crippen molar-refractivity contribution in [2.75, 3.05) is 26.2 Å². The Labute approximate surface area is 129 Å². The minimum Gasteiger partial charge on any atom is -0.340 e. The normalized spacial score (nSPS) is 18.1. The van der Waals surface area contributed by atoms with Crippen molar-refractivity contribution in [2.24, 2.45) is 5.92 Å². The Kier molecular flexibility index (Phi) is 5.54. The van der Waals surface area contributed by atoms with Crippen LogP contribution in [0.1, 0.15) is 26.0 Å². The molecular formula is C15H22BrN3O. The summed E-state index contributed by atoms with van der Waals surface area (Å²) >= 11 is 3.39. The van der Waals surface area contributed by atoms with Crippen LogP contribution in [0.25, 0.3) is 0 Å². The van der Waals surface area contributed by atoms with Gasteiger partial charge in [-0.2, -0.15) is 0 Å². The second-order valence-electron chi connectivity index (χ2n) is 5.38. The van der Waals surface area contributed by atoms with Gasteiger partial charge in [-0.1, -0.05) is 13.8 Å². The lowest BCUT2D eigenvalue weighted by atomic mass is 10.1. The van der Waals surface area contributed by atoms with E-state index < -0.39 is 0 Å². The van der Waals surface area contributed by atoms with Gasteiger partial charge in [0.1, 0.15) is 0 Å². The number of carbonyl (C=O) groups excluding carboxylic acids is 1. The van der Waals surface area contributed by atoms with Crippen molar-refractivity contribution in [3.8, 4) is 0 Å². The van der Waals surface area contributed by atoms with Crippen LogP contribution in [0.3, 0.4) is 0 Å². The summed E-state index contributed by atoms with van der Waals surface area (Å²) in [6.07, 6.45) is 2.75. The van der Waals surface area contributed by atoms with Crippen molar-refractivity contribution < 1.29 is 4.79 Å². The number of hydrogen-bond acceptors (Lipinski definition) is 3. The Morgan fingerprint density at radius 3 is 2.60 bits per heavy atom. The predicted molar refractivity (Wildman–Crippen MR) is 83.2 cm³/mol. The van der Waals surface area contributed by atoms with E-state index in [1.807, 2.05) is 30.2 Å². The van der Waals surface area contributed by atoms with Crippen molar-refractivity contribution in [2.45, 2.75) is 26.8 Å². The summed E-state index contributed by atoms with van der Waals surface area (Å²) in [5.74, 6) is 0.448. The zero-order valence-electron chi connectivity index (χ0n) is 12.2. The Morgan fingerprint density at radius 2 is 2.05 bits per heavy atom. The Hall–Kier alpha value is -0.940. The molecule has 4 nitrogen and oxygen atoms in total. The van der Waals surface area contributed by atoms with Crippen molar-refractivity contribution in [1.82, 2.24) is 14.8 Å². The molecule has 0 N–H and O–H groups in total. The quantitative estimate of drug-likeness (QED) is 0.845. The summed E-state index contributed by atoms with van der Waals surface area (Å²) in [5.41, 5.74) is 1.08. The maximum atomic E-state index is 12.1. The van der Waals surface area contributed by atoms with E-state index in [9.17, 15) is 4.79 Å². The van der Waals surface area contributed by atoms with Crippen LogP contribution in [-0.4, -0.2) is 46.9 Å². The van der Waals surface area contributed by atoms with E-state index in [1.165, 1.54) is 0 Å². The maximum absolute atomic E-state index is 12.1. The minimum atomic E-state index is 0.148. The standard InChI is InChI=1S/C15H22BrN3O/c1-3-12(2)15(20)19-8-6-18(7-9-19)11-14-5-4-13(16)10-17-14/h4-5,10,12H,3,6-9,11H2,1-2H3. The van der Waals surface area contributed by atoms with E-state index in [2.05, 4.69) is 32.7 Å². The number of aromatic nitrogens is 1. The topological polar surface area (TPSA) is 36.4 Å². The van der Waals surface area contributed by atoms with Crippen LogP contribution in [0.15, 0.2) is 22.8 Å². The minimum absolute atomic E-state index is 0.148. The molecule has 0 aliphatic carbocycles. The fourth-order valence-corrected chi connectivity index (χ4v) is 2.58. The first-order valence-electron chi connectivity index (χ1n) is 7.21. The van der Waals surface area contributed by atoms with E-state index in [4.69, 9.17) is 0 Å². The van der Waals surface area contributed by atoms with Crippen LogP contribution < -0.4 is 0 Å². The van der Waals surface area contributed by atoms with Gasteiger partial charge in [0.2, 0.25) is 5.91 Å². The van der Waals surface area contributed by atoms with Crippen LogP contribution in [-0.2, 0) is 11.3 Å². The lowest BCUT2D eigenvalue weighted by molar-refractivity contribution is -0.136. The van der Waals surface area contributed by atoms with Crippen molar-refractivity contribution in [3.05, 3.63) is 28.5 Å². The number of pyridine rings is 1. The van der Waals surface area contributed by atoms with Gasteiger partial charge in [0.05, 0.1) is 5.69 Å². The highest BCUT2D eigenvalue weighted by Gasteiger charge is 2.23. The van der Waals surface area contributed by atoms with Crippen molar-refractivity contribution in [1.29, 1.82) is 0 Å². The average Bonchev–Trinajstić information content (AvgIpc) is 2.49. The Balaban J connectivity index is 1.82. The molecule has 1 aliphatic rings. The highest BCUT2D eigenvalue weighted by molar-refractivity contribution is 9.10. The molecule has 0 spiro atoms. The molecule has 5 heteroatoms. The average molecular weight is 340 g/mol. The van der Waals surface area contributed by atoms with Crippen LogP contribution in [0.4, 0.5) is 0 Å². The monoisotopic (exact) mass is 339 g/mol. The lowest BCUT2D eigenvalue weighted by Crippen LogP contribution is -2.49. The molecule has 0 aromatic carbocycles. The Morgan fingerprint density at radius 1 is 1.35 bits per heavy atom. The second-order valence-corrected chi connectivity index (χ2v) is 6.29. The van der Waals surface area contributed by atoms with Gasteiger partial charge in [-0.05, 0) is 34.5 Å². The molecular weight excluding hydrogens is 318 g/mol. The van der Waals surface area contributed by atoms with E-state index in [1.54, 1.807) is 0 Å². The number of amides is 1. The molecule has 1 aliphatic heterocycles. The van der Waals surface area contributed by atoms with Crippen molar-refractivity contribution in [3.63, 3.8) is 0 Å². The Bertz CT molecular complexity index is 441. The molecule has 1 atom stereocenters. The molecule has 20 heavy (non-hydrogen) atoms. The molecule has 2 heterocycles. The summed E-state index contributed by atoms with van der Waals surface area (Å²) < 4.78 is 1.00. The summed E-state index contributed by atoms with van der Waals surface area (Å²) in [7, 11) is 0. The summed E-state index contributed by atoms with van der Waals surface area (Å²) in [6.45, 7) is 8.47. The molecule has 1 fully saturated rings. The summed E-state index contributed by atoms with van der Waals surface area (Å²) in [5, 5.41) is 0. The van der Waals surface area contributed by atoms with Crippen LogP contribution >= 0.6 is 15.9 Å². The fourth-order valence-electron chi connectivity index (χ4n) is 2.34. The van der Waals surface area contributed by atoms with Gasteiger partial charge >= 0.3 is 0 Å². The molecule has 110 valence electrons. The number of hydrogen-bond donors (Lipinski definition) is 0. The third-order valence-electron chi connectivity index (χ3n) is 3.89. The first-order valence-corrected chi connectivity index (χ1v) is 8.01. The zero-order chi connectivity index (χ0) is 14.5. The number of carbonyl (C=O) groups is 1. The largest absolute Gasteiger partial charge is 0.340 e. The molecule has 0 radical (unpaired) electrons. The molecule has 1 amide bonds. The smallest absolute Gasteiger partial charge is 0.225 e. The maximum Gasteiger partial charge on any atom is 0.225 e. The number of rotatable bonds is 4. The van der Waals surface area contributed by atoms with Gasteiger partial charge in [0.25, 0.3) is 0 Å². The summed E-state index contributed by atoms with van der Waals surface area (Å²) in [6, 6.07) is 4.06. The van der Waals surface area contributed by atoms with Crippen LogP contribution in [0, 0.1) is 5.92 Å². The third kappa shape index (κ3) is 4.03. The molecule has 1 aromatic rings. The van der Waals surface area contributed by atoms with Gasteiger partial charge in [0.15, 0.2) is 0 Å². The predicted octanol–water partition coefficient (Wildman–Crippen LogP) is 2.53. The third-order valence-corrected chi connectivity index (χ3v) is 4.36. The van der Waals surface area contributed by atoms with E-state index >= 15 is 0 Å². The number of halogens is 1. The van der Waals surface area contributed by atoms with Crippen LogP contribution in [0.2, 0.25) is 0 Å². The van der Waals surface area contributed by atoms with E-state index in [0.29, 0.717) is 5.91 Å². The zero-order valence-corrected chi connectivity index (χ0v) is 13.8. The molecule has 0 saturated carbocycles. The van der Waals surface area contributed by atoms with Crippen LogP contribution in [0.5, 0.6) is 0 Å². The first kappa shape index (κ1) is 15.4. The fraction of sp³-hybridized carbons (Fsp3) is 0.600. The number of piperazine rings is 1. The molecule has 2 rings (SSSR count). The molecule has 0 bridgehead atoms. The van der Waals surface area contributed by atoms with Crippen molar-refractivity contribution >= 4 is 21.8 Å². The van der Waals surface area contributed by atoms with Gasteiger partial charge in [0, 0.05) is 49.3 Å². The highest BCUT2D eigenvalue weighted by atomic mass is 79.9. The molecule has 1 saturated heterocycles. The first-order chi connectivity index (χ1) is 9.60. The van der Waals surface area contributed by atoms with E-state index in [0.717, 1.165) is 49.3 Å². The van der Waals surface area contributed by atoms with Gasteiger partial charge in [-0.15, -0.1) is 0 Å². The van der Waals surface area contributed by atoms with Gasteiger partial charge in [-0.25, -0.2) is 0 Å². The molecule has 1 aromatic heterocycles. The molecule has 1 unspecified atom stereocenters. The summed E-state index contributed by atoms with van der Waals surface area (Å²) in [4.78, 5) is 20.9. The SMILES string of the molecule is CCC(C)C(=O)N1CCN(Cc2ccc(Br)cn2)CC1. The highest BCUT2D eigenvalue weighted by Crippen LogP contribution is 2.13. The second kappa shape index (κ2) is 7.18. The number of nitrogens with zero attached hydrogens (tertiary/aromatic N) is 3. The van der Waals surface area contributed by atoms with Gasteiger partial charge < -0.3 is 4.90 Å². The lowest BCUT2D eigenvalue weighted by Gasteiger charge is -2.35. The van der Waals surface area contributed by atoms with Gasteiger partial charge in [-0.3, -0.25) is 14.7 Å². The van der Waals surface area contributed by atoms with E-state index in [-0.39, 0.29) is 5.92 Å².